The average Bonchev–Trinajstić information content (AvgIpc) is 2.37. The number of rotatable bonds is 6. The van der Waals surface area contributed by atoms with Crippen LogP contribution in [0.5, 0.6) is 0 Å². The highest BCUT2D eigenvalue weighted by molar-refractivity contribution is 5.69. The Balaban J connectivity index is 2.48. The number of amides is 1. The molecule has 1 amide bonds. The van der Waals surface area contributed by atoms with Gasteiger partial charge >= 0.3 is 6.09 Å². The molecule has 0 saturated heterocycles. The first-order valence-corrected chi connectivity index (χ1v) is 7.00. The molecule has 4 heteroatoms. The molecule has 0 bridgehead atoms. The van der Waals surface area contributed by atoms with E-state index in [2.05, 4.69) is 11.9 Å². The Bertz CT molecular complexity index is 465. The molecule has 1 N–H and O–H groups in total. The Kier molecular flexibility index (Phi) is 5.97. The zero-order chi connectivity index (χ0) is 15.9. The van der Waals surface area contributed by atoms with Gasteiger partial charge in [-0.05, 0) is 33.3 Å². The maximum absolute atomic E-state index is 11.8. The zero-order valence-corrected chi connectivity index (χ0v) is 13.3. The molecule has 0 aliphatic heterocycles. The molecule has 1 aromatic carbocycles. The number of alkyl carbamates (subject to hydrolysis) is 1. The third kappa shape index (κ3) is 6.95. The minimum Gasteiger partial charge on any atom is -0.444 e. The third-order valence-electron chi connectivity index (χ3n) is 2.75. The number of hydrogen-bond acceptors (Lipinski definition) is 3. The summed E-state index contributed by atoms with van der Waals surface area (Å²) in [5, 5.41) is 2.78. The largest absolute Gasteiger partial charge is 0.444 e. The van der Waals surface area contributed by atoms with Crippen molar-refractivity contribution in [3.05, 3.63) is 48.6 Å². The Morgan fingerprint density at radius 1 is 1.24 bits per heavy atom. The molecule has 21 heavy (non-hydrogen) atoms. The van der Waals surface area contributed by atoms with Gasteiger partial charge in [0.1, 0.15) is 5.60 Å². The van der Waals surface area contributed by atoms with E-state index < -0.39 is 17.2 Å². The van der Waals surface area contributed by atoms with E-state index in [0.29, 0.717) is 13.2 Å². The van der Waals surface area contributed by atoms with Crippen LogP contribution >= 0.6 is 0 Å². The number of carbonyl (C=O) groups excluding carboxylic acids is 1. The third-order valence-corrected chi connectivity index (χ3v) is 2.75. The molecular formula is C17H25NO3. The topological polar surface area (TPSA) is 47.6 Å². The average molecular weight is 291 g/mol. The van der Waals surface area contributed by atoms with Crippen LogP contribution in [0.1, 0.15) is 33.3 Å². The van der Waals surface area contributed by atoms with E-state index >= 15 is 0 Å². The van der Waals surface area contributed by atoms with Gasteiger partial charge in [-0.15, -0.1) is 6.58 Å². The fourth-order valence-corrected chi connectivity index (χ4v) is 1.64. The lowest BCUT2D eigenvalue weighted by Crippen LogP contribution is -2.49. The molecule has 0 aliphatic rings. The van der Waals surface area contributed by atoms with Crippen molar-refractivity contribution in [2.24, 2.45) is 0 Å². The maximum atomic E-state index is 11.8. The van der Waals surface area contributed by atoms with E-state index in [4.69, 9.17) is 9.47 Å². The fraction of sp³-hybridized carbons (Fsp3) is 0.471. The summed E-state index contributed by atoms with van der Waals surface area (Å²) in [7, 11) is 0. The number of benzene rings is 1. The van der Waals surface area contributed by atoms with Crippen LogP contribution in [0.4, 0.5) is 4.79 Å². The van der Waals surface area contributed by atoms with Crippen LogP contribution in [-0.4, -0.2) is 23.8 Å². The van der Waals surface area contributed by atoms with Crippen LogP contribution in [0, 0.1) is 0 Å². The minimum absolute atomic E-state index is 0.324. The molecule has 1 aromatic rings. The van der Waals surface area contributed by atoms with E-state index in [0.717, 1.165) is 5.56 Å². The predicted octanol–water partition coefficient (Wildman–Crippen LogP) is 3.67. The summed E-state index contributed by atoms with van der Waals surface area (Å²) in [6, 6.07) is 9.87. The van der Waals surface area contributed by atoms with Gasteiger partial charge in [-0.3, -0.25) is 0 Å². The highest BCUT2D eigenvalue weighted by Gasteiger charge is 2.26. The number of ether oxygens (including phenoxy) is 2. The summed E-state index contributed by atoms with van der Waals surface area (Å²) in [5.41, 5.74) is -0.116. The van der Waals surface area contributed by atoms with Crippen LogP contribution in [0.3, 0.4) is 0 Å². The van der Waals surface area contributed by atoms with Gasteiger partial charge in [-0.2, -0.15) is 0 Å². The minimum atomic E-state index is -0.670. The normalized spacial score (nSPS) is 14.1. The molecule has 0 saturated carbocycles. The highest BCUT2D eigenvalue weighted by Crippen LogP contribution is 2.12. The molecule has 1 rings (SSSR count). The van der Waals surface area contributed by atoms with Crippen molar-refractivity contribution in [1.82, 2.24) is 5.32 Å². The number of nitrogens with one attached hydrogen (secondary N) is 1. The zero-order valence-electron chi connectivity index (χ0n) is 13.3. The summed E-state index contributed by atoms with van der Waals surface area (Å²) < 4.78 is 10.9. The van der Waals surface area contributed by atoms with Crippen molar-refractivity contribution in [2.45, 2.75) is 45.4 Å². The standard InChI is InChI=1S/C17H25NO3/c1-6-17(5,18-15(19)21-16(2,3)4)13-20-12-14-10-8-7-9-11-14/h6-11H,1,12-13H2,2-5H3,(H,18,19). The van der Waals surface area contributed by atoms with E-state index in [-0.39, 0.29) is 0 Å². The second kappa shape index (κ2) is 7.27. The first kappa shape index (κ1) is 17.2. The van der Waals surface area contributed by atoms with Gasteiger partial charge in [-0.1, -0.05) is 36.4 Å². The molecule has 0 radical (unpaired) electrons. The lowest BCUT2D eigenvalue weighted by Gasteiger charge is -2.29. The summed E-state index contributed by atoms with van der Waals surface area (Å²) in [6.45, 7) is 11.9. The van der Waals surface area contributed by atoms with Gasteiger partial charge < -0.3 is 14.8 Å². The Morgan fingerprint density at radius 3 is 2.38 bits per heavy atom. The van der Waals surface area contributed by atoms with E-state index in [1.54, 1.807) is 6.08 Å². The van der Waals surface area contributed by atoms with Crippen molar-refractivity contribution in [3.63, 3.8) is 0 Å². The van der Waals surface area contributed by atoms with Gasteiger partial charge in [-0.25, -0.2) is 4.79 Å². The summed E-state index contributed by atoms with van der Waals surface area (Å²) in [6.07, 6.45) is 1.18. The van der Waals surface area contributed by atoms with E-state index in [1.165, 1.54) is 0 Å². The fourth-order valence-electron chi connectivity index (χ4n) is 1.64. The number of hydrogen-bond donors (Lipinski definition) is 1. The van der Waals surface area contributed by atoms with Gasteiger partial charge in [0.15, 0.2) is 0 Å². The molecule has 4 nitrogen and oxygen atoms in total. The van der Waals surface area contributed by atoms with Crippen LogP contribution in [-0.2, 0) is 16.1 Å². The first-order valence-electron chi connectivity index (χ1n) is 7.00. The van der Waals surface area contributed by atoms with Crippen molar-refractivity contribution >= 4 is 6.09 Å². The molecule has 116 valence electrons. The summed E-state index contributed by atoms with van der Waals surface area (Å²) in [5.74, 6) is 0. The van der Waals surface area contributed by atoms with Crippen LogP contribution in [0.2, 0.25) is 0 Å². The second-order valence-corrected chi connectivity index (χ2v) is 6.23. The quantitative estimate of drug-likeness (QED) is 0.813. The molecule has 0 spiro atoms. The summed E-state index contributed by atoms with van der Waals surface area (Å²) >= 11 is 0. The van der Waals surface area contributed by atoms with Gasteiger partial charge in [0.2, 0.25) is 0 Å². The van der Waals surface area contributed by atoms with E-state index in [1.807, 2.05) is 58.0 Å². The maximum Gasteiger partial charge on any atom is 0.408 e. The monoisotopic (exact) mass is 291 g/mol. The molecular weight excluding hydrogens is 266 g/mol. The molecule has 1 atom stereocenters. The van der Waals surface area contributed by atoms with Crippen LogP contribution < -0.4 is 5.32 Å². The Morgan fingerprint density at radius 2 is 1.86 bits per heavy atom. The smallest absolute Gasteiger partial charge is 0.408 e. The van der Waals surface area contributed by atoms with Crippen molar-refractivity contribution in [2.75, 3.05) is 6.61 Å². The molecule has 1 unspecified atom stereocenters. The molecule has 0 aromatic heterocycles. The Labute approximate surface area is 127 Å². The van der Waals surface area contributed by atoms with Crippen LogP contribution in [0.25, 0.3) is 0 Å². The molecule has 0 fully saturated rings. The second-order valence-electron chi connectivity index (χ2n) is 6.23. The lowest BCUT2D eigenvalue weighted by atomic mass is 10.0. The van der Waals surface area contributed by atoms with Gasteiger partial charge in [0.25, 0.3) is 0 Å². The van der Waals surface area contributed by atoms with Crippen molar-refractivity contribution < 1.29 is 14.3 Å². The van der Waals surface area contributed by atoms with E-state index in [9.17, 15) is 4.79 Å². The molecule has 0 heterocycles. The SMILES string of the molecule is C=CC(C)(COCc1ccccc1)NC(=O)OC(C)(C)C. The van der Waals surface area contributed by atoms with Crippen LogP contribution in [0.15, 0.2) is 43.0 Å². The van der Waals surface area contributed by atoms with Crippen molar-refractivity contribution in [3.8, 4) is 0 Å². The number of carbonyl (C=O) groups is 1. The molecule has 0 aliphatic carbocycles. The first-order chi connectivity index (χ1) is 9.74. The lowest BCUT2D eigenvalue weighted by molar-refractivity contribution is 0.0365. The van der Waals surface area contributed by atoms with Crippen molar-refractivity contribution in [1.29, 1.82) is 0 Å². The predicted molar refractivity (Wildman–Crippen MR) is 84.1 cm³/mol. The Hall–Kier alpha value is -1.81. The summed E-state index contributed by atoms with van der Waals surface area (Å²) in [4.78, 5) is 11.8. The highest BCUT2D eigenvalue weighted by atomic mass is 16.6. The van der Waals surface area contributed by atoms with Gasteiger partial charge in [0.05, 0.1) is 18.8 Å². The van der Waals surface area contributed by atoms with Gasteiger partial charge in [0, 0.05) is 0 Å².